The van der Waals surface area contributed by atoms with Crippen molar-refractivity contribution in [2.75, 3.05) is 0 Å². The maximum Gasteiger partial charge on any atom is 0.271 e. The molecule has 0 saturated carbocycles. The Morgan fingerprint density at radius 3 is 2.38 bits per heavy atom. The first-order valence-electron chi connectivity index (χ1n) is 4.47. The maximum atomic E-state index is 11.0. The molecule has 0 aromatic rings. The van der Waals surface area contributed by atoms with E-state index in [1.165, 1.54) is 0 Å². The standard InChI is InChI=1S/C9H16O3S/c1-6-4-7(2)9(8(3)5-6)13(10,11)12/h4,6,8-9H,5H2,1-3H3,(H,10,11,12). The Hall–Kier alpha value is -0.350. The molecule has 3 nitrogen and oxygen atoms in total. The first-order valence-corrected chi connectivity index (χ1v) is 5.97. The van der Waals surface area contributed by atoms with Crippen molar-refractivity contribution < 1.29 is 13.0 Å². The predicted octanol–water partition coefficient (Wildman–Crippen LogP) is 1.87. The van der Waals surface area contributed by atoms with Gasteiger partial charge in [0.1, 0.15) is 5.25 Å². The summed E-state index contributed by atoms with van der Waals surface area (Å²) in [4.78, 5) is 0. The molecule has 4 heteroatoms. The molecule has 0 aromatic carbocycles. The van der Waals surface area contributed by atoms with Gasteiger partial charge in [-0.15, -0.1) is 0 Å². The topological polar surface area (TPSA) is 54.4 Å². The highest BCUT2D eigenvalue weighted by Crippen LogP contribution is 2.31. The van der Waals surface area contributed by atoms with E-state index in [4.69, 9.17) is 4.55 Å². The molecular weight excluding hydrogens is 188 g/mol. The van der Waals surface area contributed by atoms with Gasteiger partial charge in [0.05, 0.1) is 0 Å². The summed E-state index contributed by atoms with van der Waals surface area (Å²) in [7, 11) is -3.92. The van der Waals surface area contributed by atoms with E-state index < -0.39 is 15.4 Å². The molecule has 13 heavy (non-hydrogen) atoms. The summed E-state index contributed by atoms with van der Waals surface area (Å²) in [5.74, 6) is 0.419. The molecule has 1 rings (SSSR count). The highest BCUT2D eigenvalue weighted by molar-refractivity contribution is 7.86. The van der Waals surface area contributed by atoms with Gasteiger partial charge in [-0.25, -0.2) is 0 Å². The first-order chi connectivity index (χ1) is 5.82. The fourth-order valence-corrected chi connectivity index (χ4v) is 3.55. The first kappa shape index (κ1) is 10.7. The normalized spacial score (nSPS) is 35.7. The second kappa shape index (κ2) is 3.42. The van der Waals surface area contributed by atoms with Crippen molar-refractivity contribution in [3.63, 3.8) is 0 Å². The summed E-state index contributed by atoms with van der Waals surface area (Å²) in [6.45, 7) is 5.69. The zero-order valence-electron chi connectivity index (χ0n) is 8.19. The molecule has 0 bridgehead atoms. The molecule has 0 heterocycles. The van der Waals surface area contributed by atoms with E-state index in [9.17, 15) is 8.42 Å². The third-order valence-corrected chi connectivity index (χ3v) is 4.06. The smallest absolute Gasteiger partial charge is 0.271 e. The van der Waals surface area contributed by atoms with Crippen LogP contribution < -0.4 is 0 Å². The third kappa shape index (κ3) is 2.31. The number of rotatable bonds is 1. The van der Waals surface area contributed by atoms with Crippen molar-refractivity contribution in [1.29, 1.82) is 0 Å². The van der Waals surface area contributed by atoms with Crippen LogP contribution in [0.1, 0.15) is 27.2 Å². The van der Waals surface area contributed by atoms with Crippen molar-refractivity contribution >= 4 is 10.1 Å². The van der Waals surface area contributed by atoms with Crippen LogP contribution in [-0.4, -0.2) is 18.2 Å². The summed E-state index contributed by atoms with van der Waals surface area (Å²) in [6, 6.07) is 0. The Bertz CT molecular complexity index is 316. The molecule has 3 atom stereocenters. The van der Waals surface area contributed by atoms with E-state index >= 15 is 0 Å². The lowest BCUT2D eigenvalue weighted by atomic mass is 9.84. The molecule has 3 unspecified atom stereocenters. The van der Waals surface area contributed by atoms with Gasteiger partial charge >= 0.3 is 0 Å². The van der Waals surface area contributed by atoms with Crippen molar-refractivity contribution in [3.8, 4) is 0 Å². The number of hydrogen-bond acceptors (Lipinski definition) is 2. The quantitative estimate of drug-likeness (QED) is 0.524. The summed E-state index contributed by atoms with van der Waals surface area (Å²) in [5.41, 5.74) is 0.772. The van der Waals surface area contributed by atoms with Crippen LogP contribution in [0.4, 0.5) is 0 Å². The van der Waals surface area contributed by atoms with E-state index in [0.717, 1.165) is 12.0 Å². The van der Waals surface area contributed by atoms with Crippen LogP contribution in [0.3, 0.4) is 0 Å². The zero-order valence-corrected chi connectivity index (χ0v) is 9.00. The van der Waals surface area contributed by atoms with Crippen LogP contribution >= 0.6 is 0 Å². The Morgan fingerprint density at radius 1 is 1.46 bits per heavy atom. The second-order valence-electron chi connectivity index (χ2n) is 4.04. The van der Waals surface area contributed by atoms with Crippen LogP contribution in [0.15, 0.2) is 11.6 Å². The predicted molar refractivity (Wildman–Crippen MR) is 52.0 cm³/mol. The number of hydrogen-bond donors (Lipinski definition) is 1. The molecule has 0 aliphatic heterocycles. The van der Waals surface area contributed by atoms with E-state index in [-0.39, 0.29) is 5.92 Å². The van der Waals surface area contributed by atoms with Crippen molar-refractivity contribution in [3.05, 3.63) is 11.6 Å². The highest BCUT2D eigenvalue weighted by Gasteiger charge is 2.34. The molecule has 1 aliphatic carbocycles. The van der Waals surface area contributed by atoms with Crippen molar-refractivity contribution in [2.24, 2.45) is 11.8 Å². The van der Waals surface area contributed by atoms with E-state index in [1.807, 2.05) is 13.0 Å². The van der Waals surface area contributed by atoms with Crippen LogP contribution in [0.25, 0.3) is 0 Å². The molecule has 76 valence electrons. The SMILES string of the molecule is CC1=CC(C)CC(C)C1S(=O)(=O)O. The molecule has 0 radical (unpaired) electrons. The highest BCUT2D eigenvalue weighted by atomic mass is 32.2. The van der Waals surface area contributed by atoms with Gasteiger partial charge in [-0.2, -0.15) is 8.42 Å². The number of allylic oxidation sites excluding steroid dienone is 1. The molecular formula is C9H16O3S. The summed E-state index contributed by atoms with van der Waals surface area (Å²) < 4.78 is 31.1. The average Bonchev–Trinajstić information content (AvgIpc) is 1.78. The summed E-state index contributed by atoms with van der Waals surface area (Å²) >= 11 is 0. The van der Waals surface area contributed by atoms with Gasteiger partial charge in [0.15, 0.2) is 0 Å². The van der Waals surface area contributed by atoms with Crippen LogP contribution in [0.5, 0.6) is 0 Å². The molecule has 0 aromatic heterocycles. The average molecular weight is 204 g/mol. The fourth-order valence-electron chi connectivity index (χ4n) is 2.30. The van der Waals surface area contributed by atoms with Gasteiger partial charge in [-0.1, -0.05) is 25.5 Å². The lowest BCUT2D eigenvalue weighted by molar-refractivity contribution is 0.398. The molecule has 1 aliphatic rings. The summed E-state index contributed by atoms with van der Waals surface area (Å²) in [5, 5.41) is -0.691. The largest absolute Gasteiger partial charge is 0.285 e. The second-order valence-corrected chi connectivity index (χ2v) is 5.57. The monoisotopic (exact) mass is 204 g/mol. The third-order valence-electron chi connectivity index (χ3n) is 2.58. The zero-order chi connectivity index (χ0) is 10.2. The van der Waals surface area contributed by atoms with Gasteiger partial charge in [-0.3, -0.25) is 4.55 Å². The fraction of sp³-hybridized carbons (Fsp3) is 0.778. The van der Waals surface area contributed by atoms with Crippen molar-refractivity contribution in [1.82, 2.24) is 0 Å². The van der Waals surface area contributed by atoms with E-state index in [2.05, 4.69) is 6.92 Å². The molecule has 0 spiro atoms. The van der Waals surface area contributed by atoms with Gasteiger partial charge in [0.25, 0.3) is 10.1 Å². The van der Waals surface area contributed by atoms with E-state index in [1.54, 1.807) is 6.92 Å². The Kier molecular flexibility index (Phi) is 2.82. The van der Waals surface area contributed by atoms with E-state index in [0.29, 0.717) is 5.92 Å². The Balaban J connectivity index is 3.04. The maximum absolute atomic E-state index is 11.0. The molecule has 0 saturated heterocycles. The lowest BCUT2D eigenvalue weighted by Crippen LogP contribution is -2.33. The molecule has 0 amide bonds. The van der Waals surface area contributed by atoms with Gasteiger partial charge in [-0.05, 0) is 25.2 Å². The van der Waals surface area contributed by atoms with Crippen molar-refractivity contribution in [2.45, 2.75) is 32.4 Å². The van der Waals surface area contributed by atoms with Crippen LogP contribution in [0.2, 0.25) is 0 Å². The molecule has 1 N–H and O–H groups in total. The molecule has 0 fully saturated rings. The lowest BCUT2D eigenvalue weighted by Gasteiger charge is -2.29. The van der Waals surface area contributed by atoms with Gasteiger partial charge in [0.2, 0.25) is 0 Å². The van der Waals surface area contributed by atoms with Crippen LogP contribution in [-0.2, 0) is 10.1 Å². The Labute approximate surface area is 79.6 Å². The van der Waals surface area contributed by atoms with Gasteiger partial charge in [0, 0.05) is 0 Å². The Morgan fingerprint density at radius 2 is 2.00 bits per heavy atom. The minimum atomic E-state index is -3.92. The minimum absolute atomic E-state index is 0.00926. The van der Waals surface area contributed by atoms with Gasteiger partial charge < -0.3 is 0 Å². The minimum Gasteiger partial charge on any atom is -0.285 e. The van der Waals surface area contributed by atoms with Crippen LogP contribution in [0, 0.1) is 11.8 Å². The summed E-state index contributed by atoms with van der Waals surface area (Å²) in [6.07, 6.45) is 2.75.